The van der Waals surface area contributed by atoms with Gasteiger partial charge in [0.2, 0.25) is 0 Å². The van der Waals surface area contributed by atoms with Crippen LogP contribution in [0.1, 0.15) is 17.0 Å². The molecule has 4 N–H and O–H groups in total. The van der Waals surface area contributed by atoms with E-state index in [9.17, 15) is 0 Å². The van der Waals surface area contributed by atoms with E-state index < -0.39 is 0 Å². The molecule has 0 amide bonds. The first-order valence-electron chi connectivity index (χ1n) is 7.38. The molecule has 1 aromatic carbocycles. The van der Waals surface area contributed by atoms with E-state index in [0.29, 0.717) is 0 Å². The van der Waals surface area contributed by atoms with Crippen LogP contribution in [0, 0.1) is 13.8 Å². The van der Waals surface area contributed by atoms with Crippen molar-refractivity contribution < 1.29 is 0 Å². The van der Waals surface area contributed by atoms with E-state index in [1.54, 1.807) is 0 Å². The lowest BCUT2D eigenvalue weighted by atomic mass is 10.2. The molecular formula is C16H23N5. The minimum absolute atomic E-state index is 0.0980. The highest BCUT2D eigenvalue weighted by Crippen LogP contribution is 2.17. The van der Waals surface area contributed by atoms with E-state index in [4.69, 9.17) is 11.5 Å². The van der Waals surface area contributed by atoms with Gasteiger partial charge in [-0.05, 0) is 31.5 Å². The Labute approximate surface area is 125 Å². The first-order chi connectivity index (χ1) is 10.0. The molecule has 3 rings (SSSR count). The monoisotopic (exact) mass is 285 g/mol. The Kier molecular flexibility index (Phi) is 3.80. The molecule has 2 heterocycles. The van der Waals surface area contributed by atoms with Crippen molar-refractivity contribution in [1.29, 1.82) is 0 Å². The smallest absolute Gasteiger partial charge is 0.0997 e. The molecule has 2 atom stereocenters. The molecule has 1 saturated heterocycles. The summed E-state index contributed by atoms with van der Waals surface area (Å²) in [5.41, 5.74) is 16.6. The SMILES string of the molecule is Cc1ncn(-c2ccc(CN3C[C@@H](N)[C@H](N)C3)cc2)c1C. The van der Waals surface area contributed by atoms with Crippen LogP contribution in [0.15, 0.2) is 30.6 Å². The van der Waals surface area contributed by atoms with Gasteiger partial charge in [-0.15, -0.1) is 0 Å². The van der Waals surface area contributed by atoms with Gasteiger partial charge in [0, 0.05) is 43.1 Å². The highest BCUT2D eigenvalue weighted by molar-refractivity contribution is 5.37. The molecule has 1 aliphatic heterocycles. The fourth-order valence-electron chi connectivity index (χ4n) is 2.85. The average Bonchev–Trinajstić information content (AvgIpc) is 2.95. The van der Waals surface area contributed by atoms with Crippen LogP contribution >= 0.6 is 0 Å². The molecule has 0 unspecified atom stereocenters. The predicted octanol–water partition coefficient (Wildman–Crippen LogP) is 0.959. The highest BCUT2D eigenvalue weighted by Gasteiger charge is 2.26. The maximum Gasteiger partial charge on any atom is 0.0997 e. The summed E-state index contributed by atoms with van der Waals surface area (Å²) in [7, 11) is 0. The van der Waals surface area contributed by atoms with Crippen LogP contribution in [0.25, 0.3) is 5.69 Å². The van der Waals surface area contributed by atoms with Crippen molar-refractivity contribution in [3.8, 4) is 5.69 Å². The van der Waals surface area contributed by atoms with Crippen LogP contribution in [0.3, 0.4) is 0 Å². The Balaban J connectivity index is 1.71. The second-order valence-electron chi connectivity index (χ2n) is 5.97. The first-order valence-corrected chi connectivity index (χ1v) is 7.38. The normalized spacial score (nSPS) is 22.9. The third kappa shape index (κ3) is 2.85. The third-order valence-electron chi connectivity index (χ3n) is 4.36. The van der Waals surface area contributed by atoms with Gasteiger partial charge >= 0.3 is 0 Å². The van der Waals surface area contributed by atoms with E-state index in [-0.39, 0.29) is 12.1 Å². The van der Waals surface area contributed by atoms with E-state index in [0.717, 1.165) is 31.0 Å². The molecule has 0 aliphatic carbocycles. The van der Waals surface area contributed by atoms with E-state index in [1.807, 2.05) is 13.3 Å². The number of hydrogen-bond acceptors (Lipinski definition) is 4. The summed E-state index contributed by atoms with van der Waals surface area (Å²) in [5.74, 6) is 0. The summed E-state index contributed by atoms with van der Waals surface area (Å²) in [6.07, 6.45) is 1.87. The summed E-state index contributed by atoms with van der Waals surface area (Å²) in [6.45, 7) is 6.78. The molecule has 1 aliphatic rings. The Morgan fingerprint density at radius 2 is 1.71 bits per heavy atom. The number of likely N-dealkylation sites (tertiary alicyclic amines) is 1. The quantitative estimate of drug-likeness (QED) is 0.881. The van der Waals surface area contributed by atoms with E-state index in [1.165, 1.54) is 11.3 Å². The Bertz CT molecular complexity index is 606. The Morgan fingerprint density at radius 1 is 1.10 bits per heavy atom. The molecule has 2 aromatic rings. The summed E-state index contributed by atoms with van der Waals surface area (Å²) in [5, 5.41) is 0. The van der Waals surface area contributed by atoms with Gasteiger partial charge in [0.05, 0.1) is 12.0 Å². The van der Waals surface area contributed by atoms with Crippen molar-refractivity contribution in [2.45, 2.75) is 32.5 Å². The average molecular weight is 285 g/mol. The van der Waals surface area contributed by atoms with Gasteiger partial charge in [0.15, 0.2) is 0 Å². The number of aromatic nitrogens is 2. The number of benzene rings is 1. The number of nitrogens with two attached hydrogens (primary N) is 2. The van der Waals surface area contributed by atoms with Crippen molar-refractivity contribution in [1.82, 2.24) is 14.5 Å². The molecule has 5 heteroatoms. The molecule has 112 valence electrons. The largest absolute Gasteiger partial charge is 0.325 e. The Morgan fingerprint density at radius 3 is 2.24 bits per heavy atom. The van der Waals surface area contributed by atoms with Crippen molar-refractivity contribution in [3.05, 3.63) is 47.5 Å². The van der Waals surface area contributed by atoms with E-state index in [2.05, 4.69) is 45.6 Å². The minimum Gasteiger partial charge on any atom is -0.325 e. The van der Waals surface area contributed by atoms with Crippen LogP contribution in [-0.2, 0) is 6.54 Å². The van der Waals surface area contributed by atoms with Gasteiger partial charge in [0.1, 0.15) is 0 Å². The van der Waals surface area contributed by atoms with Gasteiger partial charge < -0.3 is 16.0 Å². The number of imidazole rings is 1. The minimum atomic E-state index is 0.0980. The van der Waals surface area contributed by atoms with Crippen LogP contribution in [0.4, 0.5) is 0 Å². The number of hydrogen-bond donors (Lipinski definition) is 2. The van der Waals surface area contributed by atoms with Gasteiger partial charge in [0.25, 0.3) is 0 Å². The van der Waals surface area contributed by atoms with Crippen molar-refractivity contribution >= 4 is 0 Å². The summed E-state index contributed by atoms with van der Waals surface area (Å²) in [4.78, 5) is 6.66. The first kappa shape index (κ1) is 14.3. The number of nitrogens with zero attached hydrogens (tertiary/aromatic N) is 3. The van der Waals surface area contributed by atoms with Crippen molar-refractivity contribution in [2.75, 3.05) is 13.1 Å². The summed E-state index contributed by atoms with van der Waals surface area (Å²) < 4.78 is 2.11. The second kappa shape index (κ2) is 5.60. The maximum atomic E-state index is 5.96. The predicted molar refractivity (Wildman–Crippen MR) is 84.3 cm³/mol. The fraction of sp³-hybridized carbons (Fsp3) is 0.438. The second-order valence-corrected chi connectivity index (χ2v) is 5.97. The molecule has 0 radical (unpaired) electrons. The summed E-state index contributed by atoms with van der Waals surface area (Å²) >= 11 is 0. The third-order valence-corrected chi connectivity index (χ3v) is 4.36. The molecule has 0 saturated carbocycles. The zero-order valence-corrected chi connectivity index (χ0v) is 12.7. The van der Waals surface area contributed by atoms with Gasteiger partial charge in [-0.1, -0.05) is 12.1 Å². The van der Waals surface area contributed by atoms with Crippen LogP contribution in [0.5, 0.6) is 0 Å². The number of rotatable bonds is 3. The Hall–Kier alpha value is -1.69. The standard InChI is InChI=1S/C16H23N5/c1-11-12(2)21(10-19-11)14-5-3-13(4-6-14)7-20-8-15(17)16(18)9-20/h3-6,10,15-16H,7-9,17-18H2,1-2H3/t15-,16-/m1/s1. The van der Waals surface area contributed by atoms with Gasteiger partial charge in [-0.25, -0.2) is 4.98 Å². The van der Waals surface area contributed by atoms with Crippen molar-refractivity contribution in [3.63, 3.8) is 0 Å². The van der Waals surface area contributed by atoms with Crippen LogP contribution in [0.2, 0.25) is 0 Å². The van der Waals surface area contributed by atoms with Crippen molar-refractivity contribution in [2.24, 2.45) is 11.5 Å². The lowest BCUT2D eigenvalue weighted by Gasteiger charge is -2.15. The van der Waals surface area contributed by atoms with Gasteiger partial charge in [-0.3, -0.25) is 4.90 Å². The molecule has 21 heavy (non-hydrogen) atoms. The van der Waals surface area contributed by atoms with Crippen LogP contribution in [-0.4, -0.2) is 39.6 Å². The van der Waals surface area contributed by atoms with Crippen LogP contribution < -0.4 is 11.5 Å². The molecular weight excluding hydrogens is 262 g/mol. The summed E-state index contributed by atoms with van der Waals surface area (Å²) in [6, 6.07) is 8.80. The maximum absolute atomic E-state index is 5.96. The topological polar surface area (TPSA) is 73.1 Å². The fourth-order valence-corrected chi connectivity index (χ4v) is 2.85. The van der Waals surface area contributed by atoms with E-state index >= 15 is 0 Å². The molecule has 0 bridgehead atoms. The highest BCUT2D eigenvalue weighted by atomic mass is 15.2. The molecule has 1 fully saturated rings. The molecule has 1 aromatic heterocycles. The lowest BCUT2D eigenvalue weighted by molar-refractivity contribution is 0.324. The molecule has 5 nitrogen and oxygen atoms in total. The zero-order chi connectivity index (χ0) is 15.0. The lowest BCUT2D eigenvalue weighted by Crippen LogP contribution is -2.39. The zero-order valence-electron chi connectivity index (χ0n) is 12.7. The van der Waals surface area contributed by atoms with Gasteiger partial charge in [-0.2, -0.15) is 0 Å². The number of aryl methyl sites for hydroxylation is 1. The molecule has 0 spiro atoms.